The van der Waals surface area contributed by atoms with Gasteiger partial charge in [-0.1, -0.05) is 146 Å². The van der Waals surface area contributed by atoms with Crippen LogP contribution >= 0.6 is 0 Å². The number of nitrogens with zero attached hydrogens (tertiary/aromatic N) is 6. The van der Waals surface area contributed by atoms with Gasteiger partial charge in [0.05, 0.1) is 33.7 Å². The second kappa shape index (κ2) is 14.3. The second-order valence-corrected chi connectivity index (χ2v) is 15.6. The second-order valence-electron chi connectivity index (χ2n) is 15.6. The molecule has 0 unspecified atom stereocenters. The van der Waals surface area contributed by atoms with E-state index in [0.717, 1.165) is 72.0 Å². The van der Waals surface area contributed by atoms with Crippen molar-refractivity contribution >= 4 is 54.4 Å². The van der Waals surface area contributed by atoms with Gasteiger partial charge in [-0.15, -0.1) is 0 Å². The average molecular weight is 791 g/mol. The number of aromatic nitrogens is 5. The van der Waals surface area contributed by atoms with Crippen molar-refractivity contribution in [1.29, 1.82) is 5.26 Å². The van der Waals surface area contributed by atoms with E-state index in [2.05, 4.69) is 137 Å². The maximum Gasteiger partial charge on any atom is 0.164 e. The third-order valence-corrected chi connectivity index (χ3v) is 12.0. The fourth-order valence-corrected chi connectivity index (χ4v) is 9.06. The minimum Gasteiger partial charge on any atom is -0.309 e. The lowest BCUT2D eigenvalue weighted by Crippen LogP contribution is -2.01. The number of nitriles is 1. The first kappa shape index (κ1) is 35.3. The van der Waals surface area contributed by atoms with E-state index >= 15 is 0 Å². The van der Waals surface area contributed by atoms with Crippen molar-refractivity contribution in [2.45, 2.75) is 0 Å². The first-order chi connectivity index (χ1) is 30.7. The van der Waals surface area contributed by atoms with Crippen LogP contribution < -0.4 is 0 Å². The molecular weight excluding hydrogens is 757 g/mol. The Kier molecular flexibility index (Phi) is 8.12. The number of benzene rings is 9. The highest BCUT2D eigenvalue weighted by Crippen LogP contribution is 2.40. The zero-order chi connectivity index (χ0) is 41.1. The highest BCUT2D eigenvalue weighted by Gasteiger charge is 2.19. The van der Waals surface area contributed by atoms with Crippen molar-refractivity contribution in [3.8, 4) is 62.7 Å². The molecule has 9 aromatic carbocycles. The molecule has 6 nitrogen and oxygen atoms in total. The summed E-state index contributed by atoms with van der Waals surface area (Å²) >= 11 is 0. The monoisotopic (exact) mass is 790 g/mol. The van der Waals surface area contributed by atoms with Gasteiger partial charge in [0.15, 0.2) is 17.5 Å². The quantitative estimate of drug-likeness (QED) is 0.168. The normalized spacial score (nSPS) is 11.5. The minimum absolute atomic E-state index is 0.612. The Hall–Kier alpha value is -8.66. The largest absolute Gasteiger partial charge is 0.309 e. The standard InChI is InChI=1S/C56H34N6/c57-35-36-22-28-43(29-23-36)61-50-20-9-7-18-45(50)47-30-27-41(34-52(47)61)40-25-24-37-26-31-48-46-19-8-10-21-51(46)62(53(48)49(37)33-40)44-17-11-16-42(32-44)56-59-54(38-12-3-1-4-13-38)58-55(60-56)39-14-5-2-6-15-39/h1-34H. The number of hydrogen-bond donors (Lipinski definition) is 0. The van der Waals surface area contributed by atoms with Gasteiger partial charge in [-0.2, -0.15) is 5.26 Å². The fraction of sp³-hybridized carbons (Fsp3) is 0. The molecule has 6 heteroatoms. The van der Waals surface area contributed by atoms with Crippen molar-refractivity contribution in [3.63, 3.8) is 0 Å². The van der Waals surface area contributed by atoms with E-state index in [-0.39, 0.29) is 0 Å². The number of fused-ring (bicyclic) bond motifs is 8. The maximum absolute atomic E-state index is 9.51. The molecule has 0 atom stereocenters. The summed E-state index contributed by atoms with van der Waals surface area (Å²) in [4.78, 5) is 15.1. The summed E-state index contributed by atoms with van der Waals surface area (Å²) in [5.74, 6) is 1.87. The lowest BCUT2D eigenvalue weighted by Gasteiger charge is -2.13. The van der Waals surface area contributed by atoms with Crippen LogP contribution in [0.5, 0.6) is 0 Å². The fourth-order valence-electron chi connectivity index (χ4n) is 9.06. The van der Waals surface area contributed by atoms with Crippen LogP contribution in [-0.2, 0) is 0 Å². The summed E-state index contributed by atoms with van der Waals surface area (Å²) < 4.78 is 4.70. The van der Waals surface area contributed by atoms with Gasteiger partial charge < -0.3 is 9.13 Å². The molecule has 12 rings (SSSR count). The predicted molar refractivity (Wildman–Crippen MR) is 252 cm³/mol. The van der Waals surface area contributed by atoms with E-state index in [4.69, 9.17) is 15.0 Å². The molecule has 0 aliphatic rings. The lowest BCUT2D eigenvalue weighted by molar-refractivity contribution is 1.07. The van der Waals surface area contributed by atoms with Crippen molar-refractivity contribution in [2.24, 2.45) is 0 Å². The van der Waals surface area contributed by atoms with Gasteiger partial charge >= 0.3 is 0 Å². The van der Waals surface area contributed by atoms with Crippen LogP contribution in [0.4, 0.5) is 0 Å². The van der Waals surface area contributed by atoms with Crippen LogP contribution in [0.15, 0.2) is 206 Å². The van der Waals surface area contributed by atoms with E-state index < -0.39 is 0 Å². The highest BCUT2D eigenvalue weighted by molar-refractivity contribution is 6.19. The summed E-state index contributed by atoms with van der Waals surface area (Å²) in [5.41, 5.74) is 12.2. The zero-order valence-corrected chi connectivity index (χ0v) is 33.3. The number of rotatable bonds is 6. The van der Waals surface area contributed by atoms with Crippen molar-refractivity contribution in [3.05, 3.63) is 212 Å². The maximum atomic E-state index is 9.51. The smallest absolute Gasteiger partial charge is 0.164 e. The Labute approximate surface area is 356 Å². The average Bonchev–Trinajstić information content (AvgIpc) is 3.87. The molecule has 0 saturated heterocycles. The minimum atomic E-state index is 0.612. The zero-order valence-electron chi connectivity index (χ0n) is 33.3. The van der Waals surface area contributed by atoms with E-state index in [1.54, 1.807) is 0 Å². The molecule has 0 spiro atoms. The van der Waals surface area contributed by atoms with Crippen LogP contribution in [0.2, 0.25) is 0 Å². The van der Waals surface area contributed by atoms with Crippen LogP contribution in [0.3, 0.4) is 0 Å². The summed E-state index contributed by atoms with van der Waals surface area (Å²) in [6.45, 7) is 0. The Morgan fingerprint density at radius 1 is 0.339 bits per heavy atom. The van der Waals surface area contributed by atoms with Gasteiger partial charge in [0.25, 0.3) is 0 Å². The Morgan fingerprint density at radius 2 is 0.871 bits per heavy atom. The van der Waals surface area contributed by atoms with Crippen molar-refractivity contribution < 1.29 is 0 Å². The summed E-state index contributed by atoms with van der Waals surface area (Å²) in [6, 6.07) is 74.1. The predicted octanol–water partition coefficient (Wildman–Crippen LogP) is 13.8. The molecule has 0 aliphatic heterocycles. The van der Waals surface area contributed by atoms with Crippen LogP contribution in [0, 0.1) is 11.3 Å². The molecular formula is C56H34N6. The molecule has 0 fully saturated rings. The van der Waals surface area contributed by atoms with Crippen molar-refractivity contribution in [2.75, 3.05) is 0 Å². The molecule has 0 amide bonds. The van der Waals surface area contributed by atoms with Crippen molar-refractivity contribution in [1.82, 2.24) is 24.1 Å². The van der Waals surface area contributed by atoms with Gasteiger partial charge in [-0.25, -0.2) is 15.0 Å². The van der Waals surface area contributed by atoms with E-state index in [0.29, 0.717) is 23.0 Å². The van der Waals surface area contributed by atoms with Gasteiger partial charge in [0.1, 0.15) is 0 Å². The van der Waals surface area contributed by atoms with E-state index in [9.17, 15) is 5.26 Å². The summed E-state index contributed by atoms with van der Waals surface area (Å²) in [6.07, 6.45) is 0. The molecule has 0 radical (unpaired) electrons. The Balaban J connectivity index is 1.05. The molecule has 0 N–H and O–H groups in total. The third-order valence-electron chi connectivity index (χ3n) is 12.0. The molecule has 288 valence electrons. The molecule has 0 bridgehead atoms. The van der Waals surface area contributed by atoms with E-state index in [1.807, 2.05) is 84.9 Å². The lowest BCUT2D eigenvalue weighted by atomic mass is 9.98. The molecule has 62 heavy (non-hydrogen) atoms. The first-order valence-electron chi connectivity index (χ1n) is 20.7. The number of hydrogen-bond acceptors (Lipinski definition) is 4. The third kappa shape index (κ3) is 5.76. The SMILES string of the molecule is N#Cc1ccc(-n2c3ccccc3c3ccc(-c4ccc5ccc6c7ccccc7n(-c7cccc(-c8nc(-c9ccccc9)nc(-c9ccccc9)n8)c7)c6c5c4)cc32)cc1. The molecule has 12 aromatic rings. The molecule has 3 aromatic heterocycles. The van der Waals surface area contributed by atoms with Gasteiger partial charge in [0.2, 0.25) is 0 Å². The molecule has 3 heterocycles. The van der Waals surface area contributed by atoms with Crippen LogP contribution in [0.25, 0.3) is 111 Å². The Bertz CT molecular complexity index is 3690. The summed E-state index contributed by atoms with van der Waals surface area (Å²) in [7, 11) is 0. The van der Waals surface area contributed by atoms with Crippen LogP contribution in [-0.4, -0.2) is 24.1 Å². The Morgan fingerprint density at radius 3 is 1.56 bits per heavy atom. The molecule has 0 aliphatic carbocycles. The number of para-hydroxylation sites is 2. The summed E-state index contributed by atoms with van der Waals surface area (Å²) in [5, 5.41) is 16.6. The highest BCUT2D eigenvalue weighted by atomic mass is 15.0. The van der Waals surface area contributed by atoms with Gasteiger partial charge in [-0.3, -0.25) is 0 Å². The van der Waals surface area contributed by atoms with E-state index in [1.165, 1.54) is 21.5 Å². The first-order valence-corrected chi connectivity index (χ1v) is 20.7. The van der Waals surface area contributed by atoms with Gasteiger partial charge in [0, 0.05) is 55.0 Å². The topological polar surface area (TPSA) is 72.3 Å². The molecule has 0 saturated carbocycles. The van der Waals surface area contributed by atoms with Gasteiger partial charge in [-0.05, 0) is 77.2 Å². The van der Waals surface area contributed by atoms with Crippen LogP contribution in [0.1, 0.15) is 5.56 Å².